The van der Waals surface area contributed by atoms with Gasteiger partial charge >= 0.3 is 0 Å². The molecule has 1 aromatic rings. The van der Waals surface area contributed by atoms with Crippen LogP contribution in [-0.2, 0) is 17.9 Å². The maximum absolute atomic E-state index is 12.5. The molecule has 6 heteroatoms. The molecule has 2 aliphatic rings. The van der Waals surface area contributed by atoms with Crippen molar-refractivity contribution in [2.24, 2.45) is 4.99 Å². The summed E-state index contributed by atoms with van der Waals surface area (Å²) in [5, 5.41) is 6.91. The van der Waals surface area contributed by atoms with Crippen LogP contribution in [0.15, 0.2) is 29.3 Å². The number of nitrogens with one attached hydrogen (secondary N) is 2. The van der Waals surface area contributed by atoms with Crippen molar-refractivity contribution in [2.75, 3.05) is 26.7 Å². The predicted molar refractivity (Wildman–Crippen MR) is 114 cm³/mol. The summed E-state index contributed by atoms with van der Waals surface area (Å²) >= 11 is 0. The average Bonchev–Trinajstić information content (AvgIpc) is 3.15. The van der Waals surface area contributed by atoms with Gasteiger partial charge in [-0.15, -0.1) is 0 Å². The summed E-state index contributed by atoms with van der Waals surface area (Å²) in [5.74, 6) is 1.09. The van der Waals surface area contributed by atoms with Crippen molar-refractivity contribution in [3.05, 3.63) is 35.4 Å². The smallest absolute Gasteiger partial charge is 0.223 e. The third-order valence-corrected chi connectivity index (χ3v) is 5.88. The highest BCUT2D eigenvalue weighted by molar-refractivity contribution is 5.80. The number of hydrogen-bond donors (Lipinski definition) is 2. The lowest BCUT2D eigenvalue weighted by Gasteiger charge is -2.35. The summed E-state index contributed by atoms with van der Waals surface area (Å²) in [5.41, 5.74) is 2.56. The van der Waals surface area contributed by atoms with E-state index in [1.807, 2.05) is 24.1 Å². The standard InChI is InChI=1S/C22H35N5O/c1-17(2)26-13-10-20(11-14-26)25-22(23-3)24-12-6-9-21(28)27-15-18-7-4-5-8-19(18)16-27/h4-5,7-8,17,20H,6,9-16H2,1-3H3,(H2,23,24,25). The molecule has 2 heterocycles. The molecule has 1 amide bonds. The fourth-order valence-electron chi connectivity index (χ4n) is 4.06. The number of aliphatic imine (C=N–C) groups is 1. The van der Waals surface area contributed by atoms with Crippen molar-refractivity contribution in [2.45, 2.75) is 64.7 Å². The molecule has 28 heavy (non-hydrogen) atoms. The molecule has 1 saturated heterocycles. The highest BCUT2D eigenvalue weighted by Crippen LogP contribution is 2.22. The first-order valence-corrected chi connectivity index (χ1v) is 10.6. The monoisotopic (exact) mass is 385 g/mol. The Balaban J connectivity index is 1.32. The summed E-state index contributed by atoms with van der Waals surface area (Å²) in [6.07, 6.45) is 3.68. The molecule has 3 rings (SSSR count). The molecule has 0 atom stereocenters. The van der Waals surface area contributed by atoms with Gasteiger partial charge in [-0.1, -0.05) is 24.3 Å². The van der Waals surface area contributed by atoms with Gasteiger partial charge in [0.2, 0.25) is 5.91 Å². The predicted octanol–water partition coefficient (Wildman–Crippen LogP) is 2.35. The molecule has 0 aliphatic carbocycles. The summed E-state index contributed by atoms with van der Waals surface area (Å²) in [7, 11) is 1.81. The fourth-order valence-corrected chi connectivity index (χ4v) is 4.06. The number of hydrogen-bond acceptors (Lipinski definition) is 3. The highest BCUT2D eigenvalue weighted by atomic mass is 16.2. The van der Waals surface area contributed by atoms with Crippen LogP contribution < -0.4 is 10.6 Å². The number of carbonyl (C=O) groups excluding carboxylic acids is 1. The zero-order chi connectivity index (χ0) is 19.9. The van der Waals surface area contributed by atoms with Crippen molar-refractivity contribution in [3.63, 3.8) is 0 Å². The van der Waals surface area contributed by atoms with Crippen LogP contribution in [-0.4, -0.2) is 60.4 Å². The topological polar surface area (TPSA) is 60.0 Å². The number of amides is 1. The van der Waals surface area contributed by atoms with Gasteiger partial charge in [0.15, 0.2) is 5.96 Å². The van der Waals surface area contributed by atoms with Crippen LogP contribution in [0, 0.1) is 0 Å². The number of guanidine groups is 1. The van der Waals surface area contributed by atoms with Crippen molar-refractivity contribution in [3.8, 4) is 0 Å². The Bertz CT molecular complexity index is 654. The number of likely N-dealkylation sites (tertiary alicyclic amines) is 1. The molecule has 0 aromatic heterocycles. The van der Waals surface area contributed by atoms with Crippen LogP contribution in [0.25, 0.3) is 0 Å². The summed E-state index contributed by atoms with van der Waals surface area (Å²) in [4.78, 5) is 21.3. The minimum Gasteiger partial charge on any atom is -0.356 e. The first kappa shape index (κ1) is 20.6. The minimum absolute atomic E-state index is 0.238. The van der Waals surface area contributed by atoms with Crippen LogP contribution in [0.2, 0.25) is 0 Å². The van der Waals surface area contributed by atoms with E-state index in [1.165, 1.54) is 11.1 Å². The van der Waals surface area contributed by atoms with E-state index in [4.69, 9.17) is 0 Å². The largest absolute Gasteiger partial charge is 0.356 e. The van der Waals surface area contributed by atoms with Gasteiger partial charge in [0.05, 0.1) is 0 Å². The van der Waals surface area contributed by atoms with E-state index in [1.54, 1.807) is 0 Å². The average molecular weight is 386 g/mol. The normalized spacial score (nSPS) is 18.4. The van der Waals surface area contributed by atoms with Gasteiger partial charge in [-0.3, -0.25) is 9.79 Å². The van der Waals surface area contributed by atoms with Crippen LogP contribution in [0.4, 0.5) is 0 Å². The summed E-state index contributed by atoms with van der Waals surface area (Å²) in [6.45, 7) is 9.06. The maximum Gasteiger partial charge on any atom is 0.223 e. The van der Waals surface area contributed by atoms with E-state index in [0.29, 0.717) is 18.5 Å². The number of carbonyl (C=O) groups is 1. The third kappa shape index (κ3) is 5.47. The van der Waals surface area contributed by atoms with Gasteiger partial charge in [0.25, 0.3) is 0 Å². The second-order valence-corrected chi connectivity index (χ2v) is 8.17. The SMILES string of the molecule is CN=C(NCCCC(=O)N1Cc2ccccc2C1)NC1CCN(C(C)C)CC1. The van der Waals surface area contributed by atoms with Gasteiger partial charge in [-0.05, 0) is 44.2 Å². The zero-order valence-corrected chi connectivity index (χ0v) is 17.6. The Morgan fingerprint density at radius 1 is 1.18 bits per heavy atom. The van der Waals surface area contributed by atoms with Crippen molar-refractivity contribution in [1.82, 2.24) is 20.4 Å². The Labute approximate surface area is 169 Å². The lowest BCUT2D eigenvalue weighted by molar-refractivity contribution is -0.131. The third-order valence-electron chi connectivity index (χ3n) is 5.88. The van der Waals surface area contributed by atoms with E-state index in [9.17, 15) is 4.79 Å². The van der Waals surface area contributed by atoms with Crippen molar-refractivity contribution >= 4 is 11.9 Å². The maximum atomic E-state index is 12.5. The number of rotatable bonds is 6. The van der Waals surface area contributed by atoms with E-state index in [0.717, 1.165) is 57.9 Å². The van der Waals surface area contributed by atoms with Crippen molar-refractivity contribution in [1.29, 1.82) is 0 Å². The summed E-state index contributed by atoms with van der Waals surface area (Å²) < 4.78 is 0. The van der Waals surface area contributed by atoms with Crippen LogP contribution in [0.1, 0.15) is 50.7 Å². The van der Waals surface area contributed by atoms with Crippen molar-refractivity contribution < 1.29 is 4.79 Å². The van der Waals surface area contributed by atoms with Gasteiger partial charge in [0, 0.05) is 58.3 Å². The second kappa shape index (κ2) is 9.92. The number of nitrogens with zero attached hydrogens (tertiary/aromatic N) is 3. The van der Waals surface area contributed by atoms with Gasteiger partial charge in [-0.2, -0.15) is 0 Å². The Hall–Kier alpha value is -2.08. The van der Waals surface area contributed by atoms with Crippen LogP contribution >= 0.6 is 0 Å². The number of piperidine rings is 1. The van der Waals surface area contributed by atoms with Gasteiger partial charge in [0.1, 0.15) is 0 Å². The zero-order valence-electron chi connectivity index (χ0n) is 17.6. The lowest BCUT2D eigenvalue weighted by Crippen LogP contribution is -2.50. The van der Waals surface area contributed by atoms with Gasteiger partial charge < -0.3 is 20.4 Å². The molecule has 154 valence electrons. The molecule has 2 aliphatic heterocycles. The van der Waals surface area contributed by atoms with Crippen LogP contribution in [0.5, 0.6) is 0 Å². The van der Waals surface area contributed by atoms with E-state index >= 15 is 0 Å². The minimum atomic E-state index is 0.238. The van der Waals surface area contributed by atoms with Crippen LogP contribution in [0.3, 0.4) is 0 Å². The van der Waals surface area contributed by atoms with E-state index in [-0.39, 0.29) is 5.91 Å². The summed E-state index contributed by atoms with van der Waals surface area (Å²) in [6, 6.07) is 9.42. The van der Waals surface area contributed by atoms with Gasteiger partial charge in [-0.25, -0.2) is 0 Å². The quantitative estimate of drug-likeness (QED) is 0.448. The second-order valence-electron chi connectivity index (χ2n) is 8.17. The molecule has 6 nitrogen and oxygen atoms in total. The number of benzene rings is 1. The lowest BCUT2D eigenvalue weighted by atomic mass is 10.0. The fraction of sp³-hybridized carbons (Fsp3) is 0.636. The number of fused-ring (bicyclic) bond motifs is 1. The molecule has 0 bridgehead atoms. The molecule has 1 aromatic carbocycles. The Morgan fingerprint density at radius 3 is 2.39 bits per heavy atom. The molecule has 0 unspecified atom stereocenters. The molecular weight excluding hydrogens is 350 g/mol. The Kier molecular flexibility index (Phi) is 7.31. The molecule has 0 radical (unpaired) electrons. The molecular formula is C22H35N5O. The molecule has 1 fully saturated rings. The van der Waals surface area contributed by atoms with E-state index in [2.05, 4.69) is 46.5 Å². The first-order valence-electron chi connectivity index (χ1n) is 10.6. The molecule has 2 N–H and O–H groups in total. The van der Waals surface area contributed by atoms with E-state index < -0.39 is 0 Å². The molecule has 0 saturated carbocycles. The highest BCUT2D eigenvalue weighted by Gasteiger charge is 2.23. The first-order chi connectivity index (χ1) is 13.6. The molecule has 0 spiro atoms. The Morgan fingerprint density at radius 2 is 1.82 bits per heavy atom.